The average molecular weight is 475 g/mol. The molecule has 0 fully saturated rings. The van der Waals surface area contributed by atoms with Crippen molar-refractivity contribution in [2.24, 2.45) is 0 Å². The molecule has 4 rings (SSSR count). The van der Waals surface area contributed by atoms with Gasteiger partial charge in [0.25, 0.3) is 15.9 Å². The molecule has 0 unspecified atom stereocenters. The van der Waals surface area contributed by atoms with E-state index < -0.39 is 28.0 Å². The molecule has 2 aromatic carbocycles. The maximum atomic E-state index is 12.7. The van der Waals surface area contributed by atoms with Gasteiger partial charge in [-0.05, 0) is 42.6 Å². The SMILES string of the molecule is C[C@@H](OC(=O)c1ccccc1NS(=O)(=O)c1cccs1)C(=O)Nc1ccc2c(c1)OCO2. The Morgan fingerprint density at radius 2 is 1.84 bits per heavy atom. The number of thiophene rings is 1. The molecule has 0 saturated carbocycles. The number of carbonyl (C=O) groups is 2. The molecule has 0 saturated heterocycles. The Balaban J connectivity index is 1.44. The average Bonchev–Trinajstić information content (AvgIpc) is 3.46. The Labute approximate surface area is 188 Å². The fourth-order valence-electron chi connectivity index (χ4n) is 2.86. The van der Waals surface area contributed by atoms with Crippen molar-refractivity contribution >= 4 is 44.6 Å². The number of hydrogen-bond acceptors (Lipinski definition) is 8. The molecule has 0 aliphatic carbocycles. The maximum absolute atomic E-state index is 12.7. The van der Waals surface area contributed by atoms with Crippen LogP contribution in [0.15, 0.2) is 64.2 Å². The first kappa shape index (κ1) is 21.7. The highest BCUT2D eigenvalue weighted by atomic mass is 32.2. The van der Waals surface area contributed by atoms with Crippen LogP contribution in [0.2, 0.25) is 0 Å². The molecule has 1 aliphatic rings. The van der Waals surface area contributed by atoms with E-state index in [-0.39, 0.29) is 22.3 Å². The highest BCUT2D eigenvalue weighted by Gasteiger charge is 2.24. The Hall–Kier alpha value is -3.57. The van der Waals surface area contributed by atoms with E-state index in [0.717, 1.165) is 11.3 Å². The van der Waals surface area contributed by atoms with Crippen molar-refractivity contribution in [1.82, 2.24) is 0 Å². The van der Waals surface area contributed by atoms with Crippen molar-refractivity contribution in [1.29, 1.82) is 0 Å². The zero-order valence-corrected chi connectivity index (χ0v) is 18.4. The minimum absolute atomic E-state index is 0.0182. The van der Waals surface area contributed by atoms with E-state index in [4.69, 9.17) is 14.2 Å². The Kier molecular flexibility index (Phi) is 6.01. The maximum Gasteiger partial charge on any atom is 0.341 e. The minimum atomic E-state index is -3.86. The van der Waals surface area contributed by atoms with Gasteiger partial charge < -0.3 is 19.5 Å². The molecule has 1 aliphatic heterocycles. The van der Waals surface area contributed by atoms with Gasteiger partial charge in [0.05, 0.1) is 11.3 Å². The van der Waals surface area contributed by atoms with Gasteiger partial charge in [0, 0.05) is 11.8 Å². The number of carbonyl (C=O) groups excluding carboxylic acids is 2. The number of sulfonamides is 1. The molecule has 0 radical (unpaired) electrons. The van der Waals surface area contributed by atoms with E-state index in [1.165, 1.54) is 25.1 Å². The Bertz CT molecular complexity index is 1260. The molecule has 3 aromatic rings. The number of esters is 1. The summed E-state index contributed by atoms with van der Waals surface area (Å²) in [5.41, 5.74) is 0.482. The fourth-order valence-corrected chi connectivity index (χ4v) is 4.93. The van der Waals surface area contributed by atoms with E-state index in [1.807, 2.05) is 0 Å². The molecule has 1 aromatic heterocycles. The molecule has 166 valence electrons. The number of nitrogens with one attached hydrogen (secondary N) is 2. The summed E-state index contributed by atoms with van der Waals surface area (Å²) in [6.45, 7) is 1.52. The summed E-state index contributed by atoms with van der Waals surface area (Å²) >= 11 is 1.05. The second kappa shape index (κ2) is 8.89. The zero-order chi connectivity index (χ0) is 22.7. The molecule has 2 N–H and O–H groups in total. The smallest absolute Gasteiger partial charge is 0.341 e. The van der Waals surface area contributed by atoms with Crippen molar-refractivity contribution in [3.8, 4) is 11.5 Å². The molecular weight excluding hydrogens is 456 g/mol. The van der Waals surface area contributed by atoms with Gasteiger partial charge in [-0.1, -0.05) is 18.2 Å². The third kappa shape index (κ3) is 4.68. The van der Waals surface area contributed by atoms with Crippen LogP contribution in [-0.4, -0.2) is 33.2 Å². The van der Waals surface area contributed by atoms with Crippen molar-refractivity contribution < 1.29 is 32.2 Å². The number of benzene rings is 2. The quantitative estimate of drug-likeness (QED) is 0.503. The first-order chi connectivity index (χ1) is 15.3. The van der Waals surface area contributed by atoms with Crippen LogP contribution in [0.5, 0.6) is 11.5 Å². The lowest BCUT2D eigenvalue weighted by Gasteiger charge is -2.16. The van der Waals surface area contributed by atoms with Gasteiger partial charge in [0.2, 0.25) is 6.79 Å². The summed E-state index contributed by atoms with van der Waals surface area (Å²) in [6.07, 6.45) is -1.14. The normalized spacial score (nSPS) is 13.3. The zero-order valence-electron chi connectivity index (χ0n) is 16.7. The summed E-state index contributed by atoms with van der Waals surface area (Å²) in [5.74, 6) is -0.333. The van der Waals surface area contributed by atoms with E-state index in [1.54, 1.807) is 41.8 Å². The second-order valence-electron chi connectivity index (χ2n) is 6.69. The van der Waals surface area contributed by atoms with Crippen LogP contribution in [0, 0.1) is 0 Å². The van der Waals surface area contributed by atoms with Gasteiger partial charge in [-0.3, -0.25) is 9.52 Å². The van der Waals surface area contributed by atoms with Crippen LogP contribution in [0.25, 0.3) is 0 Å². The summed E-state index contributed by atoms with van der Waals surface area (Å²) < 4.78 is 43.3. The Morgan fingerprint density at radius 3 is 2.62 bits per heavy atom. The summed E-state index contributed by atoms with van der Waals surface area (Å²) in [6, 6.07) is 14.0. The monoisotopic (exact) mass is 474 g/mol. The predicted molar refractivity (Wildman–Crippen MR) is 118 cm³/mol. The van der Waals surface area contributed by atoms with Gasteiger partial charge in [0.1, 0.15) is 4.21 Å². The van der Waals surface area contributed by atoms with Crippen LogP contribution >= 0.6 is 11.3 Å². The second-order valence-corrected chi connectivity index (χ2v) is 9.54. The topological polar surface area (TPSA) is 120 Å². The number of amides is 1. The predicted octanol–water partition coefficient (Wildman–Crippen LogP) is 3.46. The standard InChI is InChI=1S/C21H18N2O7S2/c1-13(20(24)22-14-8-9-17-18(11-14)29-12-28-17)30-21(25)15-5-2-3-6-16(15)23-32(26,27)19-7-4-10-31-19/h2-11,13,23H,12H2,1H3,(H,22,24)/t13-/m1/s1. The van der Waals surface area contributed by atoms with Crippen molar-refractivity contribution in [3.63, 3.8) is 0 Å². The summed E-state index contributed by atoms with van der Waals surface area (Å²) in [7, 11) is -3.86. The molecule has 0 spiro atoms. The number of ether oxygens (including phenoxy) is 3. The first-order valence-electron chi connectivity index (χ1n) is 9.40. The Morgan fingerprint density at radius 1 is 1.06 bits per heavy atom. The molecule has 2 heterocycles. The molecule has 0 bridgehead atoms. The van der Waals surface area contributed by atoms with Gasteiger partial charge in [0.15, 0.2) is 17.6 Å². The third-order valence-electron chi connectivity index (χ3n) is 4.44. The molecular formula is C21H18N2O7S2. The van der Waals surface area contributed by atoms with E-state index in [2.05, 4.69) is 10.0 Å². The van der Waals surface area contributed by atoms with Crippen molar-refractivity contribution in [3.05, 3.63) is 65.5 Å². The summed E-state index contributed by atoms with van der Waals surface area (Å²) in [5, 5.41) is 4.27. The highest BCUT2D eigenvalue weighted by Crippen LogP contribution is 2.34. The van der Waals surface area contributed by atoms with Gasteiger partial charge >= 0.3 is 5.97 Å². The van der Waals surface area contributed by atoms with Crippen LogP contribution < -0.4 is 19.5 Å². The van der Waals surface area contributed by atoms with Crippen LogP contribution in [0.3, 0.4) is 0 Å². The first-order valence-corrected chi connectivity index (χ1v) is 11.8. The minimum Gasteiger partial charge on any atom is -0.454 e. The van der Waals surface area contributed by atoms with Crippen molar-refractivity contribution in [2.45, 2.75) is 17.2 Å². The van der Waals surface area contributed by atoms with E-state index >= 15 is 0 Å². The third-order valence-corrected chi connectivity index (χ3v) is 7.21. The number of para-hydroxylation sites is 1. The number of rotatable bonds is 7. The molecule has 9 nitrogen and oxygen atoms in total. The molecule has 1 amide bonds. The molecule has 32 heavy (non-hydrogen) atoms. The highest BCUT2D eigenvalue weighted by molar-refractivity contribution is 7.94. The lowest BCUT2D eigenvalue weighted by Crippen LogP contribution is -2.30. The van der Waals surface area contributed by atoms with Crippen LogP contribution in [-0.2, 0) is 19.6 Å². The molecule has 11 heteroatoms. The molecule has 1 atom stereocenters. The largest absolute Gasteiger partial charge is 0.454 e. The number of hydrogen-bond donors (Lipinski definition) is 2. The van der Waals surface area contributed by atoms with Gasteiger partial charge in [-0.15, -0.1) is 11.3 Å². The van der Waals surface area contributed by atoms with Crippen LogP contribution in [0.1, 0.15) is 17.3 Å². The number of anilines is 2. The van der Waals surface area contributed by atoms with Gasteiger partial charge in [-0.2, -0.15) is 0 Å². The number of fused-ring (bicyclic) bond motifs is 1. The summed E-state index contributed by atoms with van der Waals surface area (Å²) in [4.78, 5) is 25.2. The van der Waals surface area contributed by atoms with Gasteiger partial charge in [-0.25, -0.2) is 13.2 Å². The van der Waals surface area contributed by atoms with Crippen LogP contribution in [0.4, 0.5) is 11.4 Å². The van der Waals surface area contributed by atoms with E-state index in [9.17, 15) is 18.0 Å². The fraction of sp³-hybridized carbons (Fsp3) is 0.143. The lowest BCUT2D eigenvalue weighted by molar-refractivity contribution is -0.123. The van der Waals surface area contributed by atoms with E-state index in [0.29, 0.717) is 17.2 Å². The lowest BCUT2D eigenvalue weighted by atomic mass is 10.2. The van der Waals surface area contributed by atoms with Crippen molar-refractivity contribution in [2.75, 3.05) is 16.8 Å².